The lowest BCUT2D eigenvalue weighted by molar-refractivity contribution is 0.116. The molecule has 5 heteroatoms. The van der Waals surface area contributed by atoms with Crippen LogP contribution in [-0.2, 0) is 6.42 Å². The van der Waals surface area contributed by atoms with Crippen molar-refractivity contribution < 1.29 is 17.6 Å². The fourth-order valence-electron chi connectivity index (χ4n) is 1.03. The molecule has 1 aromatic carbocycles. The highest BCUT2D eigenvalue weighted by atomic mass is 19.3. The molecule has 1 unspecified atom stereocenters. The van der Waals surface area contributed by atoms with Crippen LogP contribution < -0.4 is 5.73 Å². The summed E-state index contributed by atoms with van der Waals surface area (Å²) in [4.78, 5) is 0. The Morgan fingerprint density at radius 2 is 1.79 bits per heavy atom. The van der Waals surface area contributed by atoms with E-state index in [0.29, 0.717) is 0 Å². The highest BCUT2D eigenvalue weighted by Gasteiger charge is 2.16. The zero-order valence-electron chi connectivity index (χ0n) is 7.18. The number of alkyl halides is 2. The van der Waals surface area contributed by atoms with Crippen molar-refractivity contribution in [2.45, 2.75) is 18.9 Å². The lowest BCUT2D eigenvalue weighted by Gasteiger charge is -2.09. The number of rotatable bonds is 3. The third-order valence-electron chi connectivity index (χ3n) is 1.78. The maximum Gasteiger partial charge on any atom is 0.253 e. The molecule has 0 bridgehead atoms. The number of hydrogen-bond donors (Lipinski definition) is 1. The fraction of sp³-hybridized carbons (Fsp3) is 0.333. The summed E-state index contributed by atoms with van der Waals surface area (Å²) in [6, 6.07) is 1.65. The molecule has 0 saturated heterocycles. The quantitative estimate of drug-likeness (QED) is 0.754. The lowest BCUT2D eigenvalue weighted by atomic mass is 10.1. The highest BCUT2D eigenvalue weighted by Crippen LogP contribution is 2.12. The smallest absolute Gasteiger partial charge is 0.253 e. The van der Waals surface area contributed by atoms with E-state index >= 15 is 0 Å². The summed E-state index contributed by atoms with van der Waals surface area (Å²) < 4.78 is 49.1. The predicted octanol–water partition coefficient (Wildman–Crippen LogP) is 2.10. The molecule has 78 valence electrons. The summed E-state index contributed by atoms with van der Waals surface area (Å²) in [7, 11) is 0. The third kappa shape index (κ3) is 2.70. The van der Waals surface area contributed by atoms with Crippen molar-refractivity contribution >= 4 is 0 Å². The Morgan fingerprint density at radius 1 is 1.14 bits per heavy atom. The van der Waals surface area contributed by atoms with Crippen LogP contribution in [-0.4, -0.2) is 12.5 Å². The molecule has 2 N–H and O–H groups in total. The molecule has 1 nitrogen and oxygen atoms in total. The second-order valence-corrected chi connectivity index (χ2v) is 2.95. The van der Waals surface area contributed by atoms with Gasteiger partial charge in [0.05, 0.1) is 6.04 Å². The molecule has 0 spiro atoms. The van der Waals surface area contributed by atoms with Gasteiger partial charge in [0.1, 0.15) is 0 Å². The van der Waals surface area contributed by atoms with Gasteiger partial charge in [-0.15, -0.1) is 0 Å². The summed E-state index contributed by atoms with van der Waals surface area (Å²) >= 11 is 0. The van der Waals surface area contributed by atoms with Crippen molar-refractivity contribution in [1.29, 1.82) is 0 Å². The maximum atomic E-state index is 12.6. The molecule has 0 heterocycles. The standard InChI is InChI=1S/C9H9F4N/c10-6-2-1-5(3-7(6)11)4-8(14)9(12)13/h1-3,8-9H,4,14H2. The minimum absolute atomic E-state index is 0.172. The zero-order chi connectivity index (χ0) is 10.7. The van der Waals surface area contributed by atoms with E-state index in [0.717, 1.165) is 12.1 Å². The van der Waals surface area contributed by atoms with Crippen LogP contribution in [0.5, 0.6) is 0 Å². The van der Waals surface area contributed by atoms with E-state index in [1.807, 2.05) is 0 Å². The molecular weight excluding hydrogens is 198 g/mol. The van der Waals surface area contributed by atoms with Gasteiger partial charge in [0, 0.05) is 0 Å². The monoisotopic (exact) mass is 207 g/mol. The summed E-state index contributed by atoms with van der Waals surface area (Å²) in [6.45, 7) is 0. The van der Waals surface area contributed by atoms with E-state index in [9.17, 15) is 17.6 Å². The Hall–Kier alpha value is -1.10. The van der Waals surface area contributed by atoms with Crippen LogP contribution in [0.15, 0.2) is 18.2 Å². The van der Waals surface area contributed by atoms with E-state index in [4.69, 9.17) is 5.73 Å². The second kappa shape index (κ2) is 4.41. The van der Waals surface area contributed by atoms with Gasteiger partial charge in [-0.2, -0.15) is 0 Å². The first-order valence-electron chi connectivity index (χ1n) is 3.98. The Bertz CT molecular complexity index is 314. The van der Waals surface area contributed by atoms with Gasteiger partial charge < -0.3 is 5.73 Å². The van der Waals surface area contributed by atoms with Crippen LogP contribution in [0, 0.1) is 11.6 Å². The van der Waals surface area contributed by atoms with E-state index in [1.165, 1.54) is 6.07 Å². The molecule has 0 radical (unpaired) electrons. The van der Waals surface area contributed by atoms with Gasteiger partial charge in [-0.1, -0.05) is 6.07 Å². The molecule has 0 aliphatic carbocycles. The largest absolute Gasteiger partial charge is 0.323 e. The first kappa shape index (κ1) is 11.0. The van der Waals surface area contributed by atoms with Crippen molar-refractivity contribution in [3.05, 3.63) is 35.4 Å². The number of hydrogen-bond acceptors (Lipinski definition) is 1. The number of benzene rings is 1. The molecule has 0 aromatic heterocycles. The summed E-state index contributed by atoms with van der Waals surface area (Å²) in [5.74, 6) is -2.05. The third-order valence-corrected chi connectivity index (χ3v) is 1.78. The topological polar surface area (TPSA) is 26.0 Å². The SMILES string of the molecule is NC(Cc1ccc(F)c(F)c1)C(F)F. The van der Waals surface area contributed by atoms with Crippen LogP contribution >= 0.6 is 0 Å². The van der Waals surface area contributed by atoms with Crippen molar-refractivity contribution in [1.82, 2.24) is 0 Å². The molecular formula is C9H9F4N. The zero-order valence-corrected chi connectivity index (χ0v) is 7.18. The molecule has 0 amide bonds. The molecule has 0 fully saturated rings. The fourth-order valence-corrected chi connectivity index (χ4v) is 1.03. The Kier molecular flexibility index (Phi) is 3.46. The highest BCUT2D eigenvalue weighted by molar-refractivity contribution is 5.18. The van der Waals surface area contributed by atoms with Gasteiger partial charge in [0.15, 0.2) is 11.6 Å². The van der Waals surface area contributed by atoms with Gasteiger partial charge in [0.25, 0.3) is 6.43 Å². The van der Waals surface area contributed by atoms with Gasteiger partial charge >= 0.3 is 0 Å². The Balaban J connectivity index is 2.73. The molecule has 0 saturated carbocycles. The minimum Gasteiger partial charge on any atom is -0.323 e. The average molecular weight is 207 g/mol. The van der Waals surface area contributed by atoms with E-state index in [2.05, 4.69) is 0 Å². The molecule has 0 aliphatic rings. The second-order valence-electron chi connectivity index (χ2n) is 2.95. The first-order valence-corrected chi connectivity index (χ1v) is 3.98. The van der Waals surface area contributed by atoms with Crippen LogP contribution in [0.25, 0.3) is 0 Å². The summed E-state index contributed by atoms with van der Waals surface area (Å²) in [5, 5.41) is 0. The molecule has 0 aliphatic heterocycles. The summed E-state index contributed by atoms with van der Waals surface area (Å²) in [6.07, 6.45) is -2.84. The predicted molar refractivity (Wildman–Crippen MR) is 44.0 cm³/mol. The Labute approximate surface area is 78.5 Å². The normalized spacial score (nSPS) is 13.3. The van der Waals surface area contributed by atoms with Crippen molar-refractivity contribution in [3.63, 3.8) is 0 Å². The summed E-state index contributed by atoms with van der Waals surface area (Å²) in [5.41, 5.74) is 5.33. The molecule has 14 heavy (non-hydrogen) atoms. The average Bonchev–Trinajstić information content (AvgIpc) is 2.11. The van der Waals surface area contributed by atoms with E-state index in [-0.39, 0.29) is 12.0 Å². The van der Waals surface area contributed by atoms with Crippen molar-refractivity contribution in [2.24, 2.45) is 5.73 Å². The number of halogens is 4. The Morgan fingerprint density at radius 3 is 2.29 bits per heavy atom. The molecule has 1 rings (SSSR count). The lowest BCUT2D eigenvalue weighted by Crippen LogP contribution is -2.30. The van der Waals surface area contributed by atoms with Crippen molar-refractivity contribution in [3.8, 4) is 0 Å². The van der Waals surface area contributed by atoms with Crippen LogP contribution in [0.2, 0.25) is 0 Å². The van der Waals surface area contributed by atoms with Crippen LogP contribution in [0.1, 0.15) is 5.56 Å². The van der Waals surface area contributed by atoms with Gasteiger partial charge in [-0.05, 0) is 24.1 Å². The van der Waals surface area contributed by atoms with Crippen LogP contribution in [0.4, 0.5) is 17.6 Å². The van der Waals surface area contributed by atoms with Gasteiger partial charge in [0.2, 0.25) is 0 Å². The minimum atomic E-state index is -2.66. The van der Waals surface area contributed by atoms with Crippen molar-refractivity contribution in [2.75, 3.05) is 0 Å². The van der Waals surface area contributed by atoms with E-state index < -0.39 is 24.1 Å². The maximum absolute atomic E-state index is 12.6. The van der Waals surface area contributed by atoms with E-state index in [1.54, 1.807) is 0 Å². The van der Waals surface area contributed by atoms with Crippen LogP contribution in [0.3, 0.4) is 0 Å². The van der Waals surface area contributed by atoms with Gasteiger partial charge in [-0.25, -0.2) is 17.6 Å². The van der Waals surface area contributed by atoms with Gasteiger partial charge in [-0.3, -0.25) is 0 Å². The number of nitrogens with two attached hydrogens (primary N) is 1. The molecule has 1 aromatic rings. The molecule has 1 atom stereocenters. The first-order chi connectivity index (χ1) is 6.50.